The summed E-state index contributed by atoms with van der Waals surface area (Å²) in [6, 6.07) is -2.04. The summed E-state index contributed by atoms with van der Waals surface area (Å²) in [7, 11) is 0. The summed E-state index contributed by atoms with van der Waals surface area (Å²) in [6.45, 7) is 0. The van der Waals surface area contributed by atoms with Gasteiger partial charge in [0.15, 0.2) is 0 Å². The maximum Gasteiger partial charge on any atom is 0.450 e. The van der Waals surface area contributed by atoms with Gasteiger partial charge in [0.25, 0.3) is 0 Å². The first-order chi connectivity index (χ1) is 21.7. The Hall–Kier alpha value is -4.04. The Labute approximate surface area is 255 Å². The molecule has 1 aromatic carbocycles. The van der Waals surface area contributed by atoms with Crippen molar-refractivity contribution >= 4 is 0 Å². The number of benzene rings is 1. The minimum absolute atomic E-state index is 0.510. The fourth-order valence-electron chi connectivity index (χ4n) is 3.12. The van der Waals surface area contributed by atoms with E-state index >= 15 is 0 Å². The molecule has 0 heterocycles. The molecule has 0 aromatic heterocycles. The van der Waals surface area contributed by atoms with Crippen LogP contribution in [-0.2, 0) is 0 Å². The van der Waals surface area contributed by atoms with Crippen molar-refractivity contribution in [3.63, 3.8) is 0 Å². The number of alkyl halides is 24. The molecule has 0 aliphatic rings. The Kier molecular flexibility index (Phi) is 12.0. The van der Waals surface area contributed by atoms with Crippen molar-refractivity contribution in [1.82, 2.24) is 0 Å². The van der Waals surface area contributed by atoms with Crippen LogP contribution in [0.5, 0.6) is 11.5 Å². The van der Waals surface area contributed by atoms with Gasteiger partial charge in [0.05, 0.1) is 0 Å². The predicted molar refractivity (Wildman–Crippen MR) is 106 cm³/mol. The maximum absolute atomic E-state index is 13.5. The van der Waals surface area contributed by atoms with Crippen LogP contribution in [0.25, 0.3) is 0 Å². The Balaban J connectivity index is 4.17. The smallest absolute Gasteiger partial charge is 0.450 e. The molecule has 28 heteroatoms. The molecule has 0 atom stereocenters. The largest absolute Gasteiger partial charge is 0.451 e. The van der Waals surface area contributed by atoms with Gasteiger partial charge in [-0.05, 0) is 24.3 Å². The van der Waals surface area contributed by atoms with Gasteiger partial charge in [-0.1, -0.05) is 0 Å². The number of halogens is 26. The van der Waals surface area contributed by atoms with E-state index in [1.54, 1.807) is 0 Å². The van der Waals surface area contributed by atoms with Crippen LogP contribution in [0.3, 0.4) is 0 Å². The lowest BCUT2D eigenvalue weighted by Crippen LogP contribution is -2.33. The molecule has 2 nitrogen and oxygen atoms in total. The van der Waals surface area contributed by atoms with Crippen LogP contribution < -0.4 is 9.47 Å². The van der Waals surface area contributed by atoms with Crippen LogP contribution in [-0.4, -0.2) is 49.4 Å². The molecule has 0 aliphatic heterocycles. The SMILES string of the molecule is F/C(=C(\C(=C(/Oc1ccc(O/C(=C(\C(=C(/F)C(F)(F)F)C(F)(F)F)C(F)(F)F)C(F)(F)F)cc1)C(F)(F)F)C(F)(F)F)C(F)(F)F)C(F)(F)F. The van der Waals surface area contributed by atoms with Crippen LogP contribution in [0.2, 0.25) is 0 Å². The lowest BCUT2D eigenvalue weighted by atomic mass is 10.0. The van der Waals surface area contributed by atoms with E-state index in [4.69, 9.17) is 0 Å². The molecule has 0 saturated carbocycles. The van der Waals surface area contributed by atoms with Crippen LogP contribution in [0, 0.1) is 0 Å². The van der Waals surface area contributed by atoms with Crippen molar-refractivity contribution in [3.05, 3.63) is 69.7 Å². The molecule has 0 unspecified atom stereocenters. The molecule has 286 valence electrons. The highest BCUT2D eigenvalue weighted by Crippen LogP contribution is 2.51. The third-order valence-corrected chi connectivity index (χ3v) is 4.80. The van der Waals surface area contributed by atoms with Gasteiger partial charge >= 0.3 is 49.4 Å². The average Bonchev–Trinajstić information content (AvgIpc) is 2.83. The fraction of sp³-hybridized carbons (Fsp3) is 0.364. The topological polar surface area (TPSA) is 18.5 Å². The Bertz CT molecular complexity index is 1390. The molecule has 0 spiro atoms. The van der Waals surface area contributed by atoms with Gasteiger partial charge in [-0.15, -0.1) is 0 Å². The molecular formula is C22H4F26O2. The van der Waals surface area contributed by atoms with E-state index in [0.29, 0.717) is 0 Å². The number of rotatable bonds is 6. The molecule has 0 radical (unpaired) electrons. The third kappa shape index (κ3) is 11.0. The van der Waals surface area contributed by atoms with Crippen LogP contribution >= 0.6 is 0 Å². The van der Waals surface area contributed by atoms with Gasteiger partial charge in [0.1, 0.15) is 33.8 Å². The van der Waals surface area contributed by atoms with Crippen LogP contribution in [0.15, 0.2) is 69.7 Å². The Morgan fingerprint density at radius 3 is 0.640 bits per heavy atom. The second-order valence-electron chi connectivity index (χ2n) is 8.44. The number of ether oxygens (including phenoxy) is 2. The Morgan fingerprint density at radius 1 is 0.300 bits per heavy atom. The summed E-state index contributed by atoms with van der Waals surface area (Å²) >= 11 is 0. The van der Waals surface area contributed by atoms with Gasteiger partial charge in [-0.3, -0.25) is 0 Å². The molecule has 1 aromatic rings. The highest BCUT2D eigenvalue weighted by Gasteiger charge is 2.60. The van der Waals surface area contributed by atoms with Crippen molar-refractivity contribution in [3.8, 4) is 11.5 Å². The van der Waals surface area contributed by atoms with Gasteiger partial charge in [0.2, 0.25) is 23.2 Å². The highest BCUT2D eigenvalue weighted by molar-refractivity contribution is 5.48. The van der Waals surface area contributed by atoms with E-state index in [1.807, 2.05) is 0 Å². The first-order valence-electron chi connectivity index (χ1n) is 11.1. The lowest BCUT2D eigenvalue weighted by molar-refractivity contribution is -0.149. The minimum atomic E-state index is -7.26. The molecule has 0 aliphatic carbocycles. The lowest BCUT2D eigenvalue weighted by Gasteiger charge is -2.25. The van der Waals surface area contributed by atoms with Crippen molar-refractivity contribution in [1.29, 1.82) is 0 Å². The zero-order valence-electron chi connectivity index (χ0n) is 22.0. The van der Waals surface area contributed by atoms with Crippen molar-refractivity contribution in [2.24, 2.45) is 0 Å². The quantitative estimate of drug-likeness (QED) is 0.162. The van der Waals surface area contributed by atoms with Gasteiger partial charge in [-0.25, -0.2) is 8.78 Å². The summed E-state index contributed by atoms with van der Waals surface area (Å²) in [5, 5.41) is 0. The molecular weight excluding hydrogens is 790 g/mol. The van der Waals surface area contributed by atoms with Gasteiger partial charge in [0, 0.05) is 0 Å². The standard InChI is InChI=1S/C22H4F26O2/c23-11(19(37,38)39)7(15(25,26)27)9(17(31,32)33)13(21(43,44)45)49-5-1-2-6(4-3-5)50-14(22(46,47)48)10(18(34,35)36)8(16(28,29)30)12(24)20(40,41)42/h1-4H/b11-7+,12-8+,13-9+,14-10+. The van der Waals surface area contributed by atoms with Crippen molar-refractivity contribution < 1.29 is 124 Å². The summed E-state index contributed by atoms with van der Waals surface area (Å²) < 4.78 is 349. The number of hydrogen-bond donors (Lipinski definition) is 0. The van der Waals surface area contributed by atoms with Crippen LogP contribution in [0.1, 0.15) is 0 Å². The maximum atomic E-state index is 13.5. The third-order valence-electron chi connectivity index (χ3n) is 4.80. The number of hydrogen-bond acceptors (Lipinski definition) is 2. The normalized spacial score (nSPS) is 16.7. The van der Waals surface area contributed by atoms with E-state index in [1.165, 1.54) is 0 Å². The van der Waals surface area contributed by atoms with E-state index in [2.05, 4.69) is 9.47 Å². The van der Waals surface area contributed by atoms with E-state index in [0.717, 1.165) is 0 Å². The van der Waals surface area contributed by atoms with E-state index in [9.17, 15) is 114 Å². The summed E-state index contributed by atoms with van der Waals surface area (Å²) in [4.78, 5) is 0. The fourth-order valence-corrected chi connectivity index (χ4v) is 3.12. The predicted octanol–water partition coefficient (Wildman–Crippen LogP) is 11.9. The zero-order valence-corrected chi connectivity index (χ0v) is 22.0. The minimum Gasteiger partial charge on any atom is -0.451 e. The molecule has 1 rings (SSSR count). The molecule has 0 N–H and O–H groups in total. The second kappa shape index (κ2) is 13.6. The van der Waals surface area contributed by atoms with Gasteiger partial charge < -0.3 is 9.47 Å². The van der Waals surface area contributed by atoms with Crippen molar-refractivity contribution in [2.45, 2.75) is 49.4 Å². The summed E-state index contributed by atoms with van der Waals surface area (Å²) in [5.74, 6) is -22.1. The summed E-state index contributed by atoms with van der Waals surface area (Å²) in [5.41, 5.74) is -18.5. The van der Waals surface area contributed by atoms with Gasteiger partial charge in [-0.2, -0.15) is 105 Å². The van der Waals surface area contributed by atoms with Crippen molar-refractivity contribution in [2.75, 3.05) is 0 Å². The average molecular weight is 794 g/mol. The molecule has 50 heavy (non-hydrogen) atoms. The summed E-state index contributed by atoms with van der Waals surface area (Å²) in [6.07, 6.45) is -57.1. The monoisotopic (exact) mass is 794 g/mol. The highest BCUT2D eigenvalue weighted by atomic mass is 19.4. The van der Waals surface area contributed by atoms with E-state index < -0.39 is 131 Å². The second-order valence-corrected chi connectivity index (χ2v) is 8.44. The van der Waals surface area contributed by atoms with E-state index in [-0.39, 0.29) is 0 Å². The zero-order chi connectivity index (χ0) is 40.0. The van der Waals surface area contributed by atoms with Crippen LogP contribution in [0.4, 0.5) is 114 Å². The number of allylic oxidation sites excluding steroid dienone is 8. The molecule has 0 saturated heterocycles. The molecule has 0 fully saturated rings. The Morgan fingerprint density at radius 2 is 0.500 bits per heavy atom. The molecule has 0 bridgehead atoms. The first kappa shape index (κ1) is 44.0. The first-order valence-corrected chi connectivity index (χ1v) is 11.1. The molecule has 0 amide bonds.